The lowest BCUT2D eigenvalue weighted by atomic mass is 10.1. The van der Waals surface area contributed by atoms with Crippen LogP contribution in [0.4, 0.5) is 0 Å². The highest BCUT2D eigenvalue weighted by molar-refractivity contribution is 5.20. The van der Waals surface area contributed by atoms with Crippen LogP contribution in [0, 0.1) is 0 Å². The van der Waals surface area contributed by atoms with E-state index < -0.39 is 0 Å². The van der Waals surface area contributed by atoms with Crippen LogP contribution in [-0.2, 0) is 0 Å². The Morgan fingerprint density at radius 2 is 1.22 bits per heavy atom. The molecular weight excluding hydrogens is 286 g/mol. The molecule has 2 heterocycles. The molecule has 1 aromatic rings. The van der Waals surface area contributed by atoms with Crippen molar-refractivity contribution < 1.29 is 4.74 Å². The maximum atomic E-state index is 5.80. The molecule has 0 aliphatic carbocycles. The molecule has 0 amide bonds. The van der Waals surface area contributed by atoms with Crippen LogP contribution in [0.3, 0.4) is 0 Å². The van der Waals surface area contributed by atoms with Gasteiger partial charge in [0.05, 0.1) is 0 Å². The molecular formula is C19H31N3O. The number of hydrogen-bond acceptors (Lipinski definition) is 4. The zero-order valence-electron chi connectivity index (χ0n) is 14.3. The maximum Gasteiger partial charge on any atom is 0.119 e. The third-order valence-electron chi connectivity index (χ3n) is 5.07. The lowest BCUT2D eigenvalue weighted by Crippen LogP contribution is -2.49. The van der Waals surface area contributed by atoms with E-state index in [1.54, 1.807) is 0 Å². The first-order valence-electron chi connectivity index (χ1n) is 9.25. The molecule has 0 radical (unpaired) electrons. The molecule has 2 fully saturated rings. The molecule has 0 bridgehead atoms. The standard InChI is InChI=1S/C19H31N3O/c1-3-7-19(8-4-1)23-18-17-22-15-13-21(14-16-22)12-11-20-9-5-2-6-10-20/h1,3-4,7-8H,2,5-6,9-18H2. The molecule has 128 valence electrons. The van der Waals surface area contributed by atoms with Crippen LogP contribution in [0.1, 0.15) is 19.3 Å². The number of ether oxygens (including phenoxy) is 1. The van der Waals surface area contributed by atoms with Gasteiger partial charge in [0, 0.05) is 45.8 Å². The van der Waals surface area contributed by atoms with Crippen molar-refractivity contribution in [1.29, 1.82) is 0 Å². The topological polar surface area (TPSA) is 19.0 Å². The largest absolute Gasteiger partial charge is 0.492 e. The van der Waals surface area contributed by atoms with Crippen molar-refractivity contribution >= 4 is 0 Å². The van der Waals surface area contributed by atoms with E-state index in [1.165, 1.54) is 71.6 Å². The summed E-state index contributed by atoms with van der Waals surface area (Å²) < 4.78 is 5.80. The van der Waals surface area contributed by atoms with Gasteiger partial charge in [-0.2, -0.15) is 0 Å². The van der Waals surface area contributed by atoms with Gasteiger partial charge in [0.2, 0.25) is 0 Å². The number of piperidine rings is 1. The fourth-order valence-corrected chi connectivity index (χ4v) is 3.51. The normalized spacial score (nSPS) is 21.4. The summed E-state index contributed by atoms with van der Waals surface area (Å²) in [6.07, 6.45) is 4.23. The van der Waals surface area contributed by atoms with Crippen molar-refractivity contribution in [2.75, 3.05) is 65.5 Å². The molecule has 4 heteroatoms. The molecule has 0 aromatic heterocycles. The highest BCUT2D eigenvalue weighted by Gasteiger charge is 2.18. The average Bonchev–Trinajstić information content (AvgIpc) is 2.63. The van der Waals surface area contributed by atoms with Crippen molar-refractivity contribution in [3.8, 4) is 5.75 Å². The molecule has 2 saturated heterocycles. The van der Waals surface area contributed by atoms with Crippen molar-refractivity contribution in [2.24, 2.45) is 0 Å². The first-order chi connectivity index (χ1) is 11.4. The summed E-state index contributed by atoms with van der Waals surface area (Å²) in [5.41, 5.74) is 0. The number of nitrogens with zero attached hydrogens (tertiary/aromatic N) is 3. The van der Waals surface area contributed by atoms with Gasteiger partial charge in [-0.3, -0.25) is 9.80 Å². The van der Waals surface area contributed by atoms with Crippen molar-refractivity contribution in [3.05, 3.63) is 30.3 Å². The summed E-state index contributed by atoms with van der Waals surface area (Å²) in [5, 5.41) is 0. The van der Waals surface area contributed by atoms with Crippen LogP contribution in [-0.4, -0.2) is 80.2 Å². The number of piperazine rings is 1. The van der Waals surface area contributed by atoms with E-state index in [-0.39, 0.29) is 0 Å². The smallest absolute Gasteiger partial charge is 0.119 e. The zero-order valence-corrected chi connectivity index (χ0v) is 14.3. The van der Waals surface area contributed by atoms with E-state index in [0.717, 1.165) is 18.9 Å². The van der Waals surface area contributed by atoms with Gasteiger partial charge in [-0.15, -0.1) is 0 Å². The van der Waals surface area contributed by atoms with Crippen LogP contribution >= 0.6 is 0 Å². The van der Waals surface area contributed by atoms with Crippen molar-refractivity contribution in [1.82, 2.24) is 14.7 Å². The fourth-order valence-electron chi connectivity index (χ4n) is 3.51. The van der Waals surface area contributed by atoms with E-state index in [4.69, 9.17) is 4.74 Å². The van der Waals surface area contributed by atoms with Crippen LogP contribution in [0.5, 0.6) is 5.75 Å². The molecule has 1 aromatic carbocycles. The van der Waals surface area contributed by atoms with Gasteiger partial charge in [0.25, 0.3) is 0 Å². The second kappa shape index (κ2) is 9.26. The lowest BCUT2D eigenvalue weighted by Gasteiger charge is -2.36. The van der Waals surface area contributed by atoms with E-state index >= 15 is 0 Å². The van der Waals surface area contributed by atoms with Gasteiger partial charge in [-0.05, 0) is 38.1 Å². The average molecular weight is 317 g/mol. The van der Waals surface area contributed by atoms with Crippen LogP contribution in [0.2, 0.25) is 0 Å². The minimum Gasteiger partial charge on any atom is -0.492 e. The second-order valence-electron chi connectivity index (χ2n) is 6.75. The molecule has 2 aliphatic heterocycles. The third-order valence-corrected chi connectivity index (χ3v) is 5.07. The summed E-state index contributed by atoms with van der Waals surface area (Å²) in [6, 6.07) is 10.1. The molecule has 2 aliphatic rings. The van der Waals surface area contributed by atoms with Crippen LogP contribution in [0.15, 0.2) is 30.3 Å². The Morgan fingerprint density at radius 3 is 1.87 bits per heavy atom. The molecule has 0 saturated carbocycles. The molecule has 23 heavy (non-hydrogen) atoms. The van der Waals surface area contributed by atoms with E-state index in [1.807, 2.05) is 30.3 Å². The van der Waals surface area contributed by atoms with E-state index in [0.29, 0.717) is 0 Å². The van der Waals surface area contributed by atoms with Gasteiger partial charge in [0.15, 0.2) is 0 Å². The monoisotopic (exact) mass is 317 g/mol. The van der Waals surface area contributed by atoms with Gasteiger partial charge in [-0.1, -0.05) is 24.6 Å². The predicted molar refractivity (Wildman–Crippen MR) is 95.1 cm³/mol. The number of likely N-dealkylation sites (tertiary alicyclic amines) is 1. The molecule has 3 rings (SSSR count). The quantitative estimate of drug-likeness (QED) is 0.767. The van der Waals surface area contributed by atoms with Crippen LogP contribution in [0.25, 0.3) is 0 Å². The van der Waals surface area contributed by atoms with Crippen molar-refractivity contribution in [3.63, 3.8) is 0 Å². The summed E-state index contributed by atoms with van der Waals surface area (Å²) >= 11 is 0. The fraction of sp³-hybridized carbons (Fsp3) is 0.684. The third kappa shape index (κ3) is 5.79. The first-order valence-corrected chi connectivity index (χ1v) is 9.25. The molecule has 0 unspecified atom stereocenters. The molecule has 0 spiro atoms. The summed E-state index contributed by atoms with van der Waals surface area (Å²) in [4.78, 5) is 7.80. The minimum absolute atomic E-state index is 0.789. The Balaban J connectivity index is 1.26. The van der Waals surface area contributed by atoms with Gasteiger partial charge >= 0.3 is 0 Å². The number of para-hydroxylation sites is 1. The number of rotatable bonds is 7. The Bertz CT molecular complexity index is 426. The molecule has 4 nitrogen and oxygen atoms in total. The minimum atomic E-state index is 0.789. The van der Waals surface area contributed by atoms with Gasteiger partial charge in [0.1, 0.15) is 12.4 Å². The Hall–Kier alpha value is -1.10. The van der Waals surface area contributed by atoms with E-state index in [2.05, 4.69) is 14.7 Å². The zero-order chi connectivity index (χ0) is 15.7. The highest BCUT2D eigenvalue weighted by Crippen LogP contribution is 2.10. The van der Waals surface area contributed by atoms with E-state index in [9.17, 15) is 0 Å². The summed E-state index contributed by atoms with van der Waals surface area (Å²) in [5.74, 6) is 0.979. The molecule has 0 N–H and O–H groups in total. The van der Waals surface area contributed by atoms with Gasteiger partial charge in [-0.25, -0.2) is 0 Å². The van der Waals surface area contributed by atoms with Crippen LogP contribution < -0.4 is 4.74 Å². The van der Waals surface area contributed by atoms with Gasteiger partial charge < -0.3 is 9.64 Å². The maximum absolute atomic E-state index is 5.80. The summed E-state index contributed by atoms with van der Waals surface area (Å²) in [6.45, 7) is 11.7. The van der Waals surface area contributed by atoms with Crippen molar-refractivity contribution in [2.45, 2.75) is 19.3 Å². The Morgan fingerprint density at radius 1 is 0.652 bits per heavy atom. The first kappa shape index (κ1) is 16.7. The SMILES string of the molecule is c1ccc(OCCN2CCN(CCN3CCCCC3)CC2)cc1. The predicted octanol–water partition coefficient (Wildman–Crippen LogP) is 2.17. The summed E-state index contributed by atoms with van der Waals surface area (Å²) in [7, 11) is 0. The Labute approximate surface area is 141 Å². The number of benzene rings is 1. The molecule has 0 atom stereocenters. The second-order valence-corrected chi connectivity index (χ2v) is 6.75. The highest BCUT2D eigenvalue weighted by atomic mass is 16.5. The lowest BCUT2D eigenvalue weighted by molar-refractivity contribution is 0.103. The Kier molecular flexibility index (Phi) is 6.74. The number of hydrogen-bond donors (Lipinski definition) is 0.